The summed E-state index contributed by atoms with van der Waals surface area (Å²) in [6, 6.07) is 24.1. The summed E-state index contributed by atoms with van der Waals surface area (Å²) >= 11 is 1.44. The van der Waals surface area contributed by atoms with E-state index in [2.05, 4.69) is 52.1 Å². The first-order valence-electron chi connectivity index (χ1n) is 10.2. The minimum atomic E-state index is -2.18. The number of esters is 1. The van der Waals surface area contributed by atoms with Gasteiger partial charge in [0.15, 0.2) is 13.8 Å². The molecule has 0 radical (unpaired) electrons. The molecule has 1 unspecified atom stereocenters. The van der Waals surface area contributed by atoms with Crippen molar-refractivity contribution in [3.05, 3.63) is 78.4 Å². The van der Waals surface area contributed by atoms with Crippen LogP contribution in [0.1, 0.15) is 26.3 Å². The maximum atomic E-state index is 13.1. The summed E-state index contributed by atoms with van der Waals surface area (Å²) < 4.78 is 12.2. The molecular formula is C25H30O3SSi. The van der Waals surface area contributed by atoms with Crippen molar-refractivity contribution >= 4 is 36.8 Å². The lowest BCUT2D eigenvalue weighted by Gasteiger charge is -2.38. The Hall–Kier alpha value is -2.08. The zero-order valence-electron chi connectivity index (χ0n) is 18.3. The summed E-state index contributed by atoms with van der Waals surface area (Å²) in [5.41, 5.74) is 0.257. The number of hydrogen-bond acceptors (Lipinski definition) is 4. The van der Waals surface area contributed by atoms with E-state index >= 15 is 0 Å². The van der Waals surface area contributed by atoms with Crippen molar-refractivity contribution in [1.29, 1.82) is 0 Å². The van der Waals surface area contributed by atoms with Crippen LogP contribution in [0.5, 0.6) is 0 Å². The molecule has 5 heteroatoms. The molecule has 0 saturated carbocycles. The lowest BCUT2D eigenvalue weighted by Crippen LogP contribution is -2.45. The van der Waals surface area contributed by atoms with Crippen LogP contribution in [0, 0.1) is 0 Å². The predicted octanol–water partition coefficient (Wildman–Crippen LogP) is 7.02. The third kappa shape index (κ3) is 5.54. The molecule has 0 bridgehead atoms. The van der Waals surface area contributed by atoms with Gasteiger partial charge in [0.2, 0.25) is 0 Å². The Bertz CT molecular complexity index is 991. The van der Waals surface area contributed by atoms with Crippen LogP contribution < -0.4 is 0 Å². The molecule has 0 amide bonds. The number of hydrogen-bond donors (Lipinski definition) is 0. The highest BCUT2D eigenvalue weighted by Gasteiger charge is 2.41. The van der Waals surface area contributed by atoms with Gasteiger partial charge in [-0.3, -0.25) is 0 Å². The van der Waals surface area contributed by atoms with Crippen molar-refractivity contribution in [2.45, 2.75) is 55.8 Å². The van der Waals surface area contributed by atoms with Gasteiger partial charge in [0.1, 0.15) is 6.61 Å². The van der Waals surface area contributed by atoms with Gasteiger partial charge in [-0.2, -0.15) is 0 Å². The number of benzene rings is 3. The molecule has 0 heterocycles. The number of carbonyl (C=O) groups excluding carboxylic acids is 1. The third-order valence-corrected chi connectivity index (χ3v) is 11.3. The minimum Gasteiger partial charge on any atom is -0.458 e. The van der Waals surface area contributed by atoms with Gasteiger partial charge in [0.05, 0.1) is 0 Å². The van der Waals surface area contributed by atoms with E-state index in [1.165, 1.54) is 11.8 Å². The van der Waals surface area contributed by atoms with Crippen LogP contribution in [0.2, 0.25) is 18.1 Å². The van der Waals surface area contributed by atoms with E-state index in [0.717, 1.165) is 21.2 Å². The smallest absolute Gasteiger partial charge is 0.345 e. The van der Waals surface area contributed by atoms with Gasteiger partial charge in [0, 0.05) is 4.90 Å². The topological polar surface area (TPSA) is 35.5 Å². The van der Waals surface area contributed by atoms with Gasteiger partial charge in [0.25, 0.3) is 0 Å². The van der Waals surface area contributed by atoms with Crippen molar-refractivity contribution in [3.8, 4) is 0 Å². The van der Waals surface area contributed by atoms with Crippen LogP contribution >= 0.6 is 11.8 Å². The lowest BCUT2D eigenvalue weighted by molar-refractivity contribution is -0.149. The molecule has 30 heavy (non-hydrogen) atoms. The number of ether oxygens (including phenoxy) is 1. The van der Waals surface area contributed by atoms with Gasteiger partial charge in [-0.15, -0.1) is 0 Å². The van der Waals surface area contributed by atoms with Crippen molar-refractivity contribution in [2.75, 3.05) is 0 Å². The SMILES string of the molecule is CC(C)(C)[Si](C)(C)OC(Sc1cccc2ccccc12)C(=O)OCc1ccccc1. The van der Waals surface area contributed by atoms with Crippen LogP contribution in [0.25, 0.3) is 10.8 Å². The molecule has 3 aromatic carbocycles. The fourth-order valence-corrected chi connectivity index (χ4v) is 5.54. The quantitative estimate of drug-likeness (QED) is 0.172. The second-order valence-corrected chi connectivity index (χ2v) is 14.8. The average Bonchev–Trinajstić information content (AvgIpc) is 2.71. The molecule has 0 fully saturated rings. The molecule has 0 aliphatic rings. The van der Waals surface area contributed by atoms with E-state index in [-0.39, 0.29) is 17.6 Å². The normalized spacial score (nSPS) is 13.2. The highest BCUT2D eigenvalue weighted by Crippen LogP contribution is 2.41. The van der Waals surface area contributed by atoms with Gasteiger partial charge >= 0.3 is 5.97 Å². The zero-order chi connectivity index (χ0) is 21.8. The first-order valence-corrected chi connectivity index (χ1v) is 14.0. The molecule has 0 saturated heterocycles. The molecule has 1 atom stereocenters. The largest absolute Gasteiger partial charge is 0.458 e. The van der Waals surface area contributed by atoms with Crippen molar-refractivity contribution in [2.24, 2.45) is 0 Å². The average molecular weight is 439 g/mol. The molecule has 158 valence electrons. The van der Waals surface area contributed by atoms with Crippen LogP contribution in [-0.4, -0.2) is 19.7 Å². The Kier molecular flexibility index (Phi) is 7.06. The Morgan fingerprint density at radius 3 is 2.27 bits per heavy atom. The highest BCUT2D eigenvalue weighted by molar-refractivity contribution is 8.00. The molecule has 3 rings (SSSR count). The van der Waals surface area contributed by atoms with E-state index < -0.39 is 13.8 Å². The van der Waals surface area contributed by atoms with E-state index in [4.69, 9.17) is 9.16 Å². The Morgan fingerprint density at radius 2 is 1.57 bits per heavy atom. The predicted molar refractivity (Wildman–Crippen MR) is 128 cm³/mol. The molecule has 3 aromatic rings. The second-order valence-electron chi connectivity index (χ2n) is 8.90. The fourth-order valence-electron chi connectivity index (χ4n) is 2.78. The summed E-state index contributed by atoms with van der Waals surface area (Å²) in [7, 11) is -2.18. The van der Waals surface area contributed by atoms with Gasteiger partial charge < -0.3 is 9.16 Å². The van der Waals surface area contributed by atoms with E-state index in [1.807, 2.05) is 54.6 Å². The first-order chi connectivity index (χ1) is 14.2. The summed E-state index contributed by atoms with van der Waals surface area (Å²) in [6.45, 7) is 11.1. The van der Waals surface area contributed by atoms with Crippen LogP contribution in [-0.2, 0) is 20.6 Å². The monoisotopic (exact) mass is 438 g/mol. The minimum absolute atomic E-state index is 0.00965. The number of fused-ring (bicyclic) bond motifs is 1. The molecular weight excluding hydrogens is 408 g/mol. The van der Waals surface area contributed by atoms with Crippen molar-refractivity contribution < 1.29 is 14.0 Å². The van der Waals surface area contributed by atoms with E-state index in [1.54, 1.807) is 0 Å². The standard InChI is InChI=1S/C25H30O3SSi/c1-25(2,3)30(4,5)28-24(23(26)27-18-19-12-7-6-8-13-19)29-22-17-11-15-20-14-9-10-16-21(20)22/h6-17,24H,18H2,1-5H3. The van der Waals surface area contributed by atoms with Gasteiger partial charge in [-0.25, -0.2) is 4.79 Å². The van der Waals surface area contributed by atoms with Crippen molar-refractivity contribution in [1.82, 2.24) is 0 Å². The summed E-state index contributed by atoms with van der Waals surface area (Å²) in [5, 5.41) is 2.25. The van der Waals surface area contributed by atoms with Gasteiger partial charge in [-0.05, 0) is 40.5 Å². The fraction of sp³-hybridized carbons (Fsp3) is 0.320. The zero-order valence-corrected chi connectivity index (χ0v) is 20.2. The summed E-state index contributed by atoms with van der Waals surface area (Å²) in [4.78, 5) is 14.1. The number of carbonyl (C=O) groups is 1. The number of rotatable bonds is 7. The summed E-state index contributed by atoms with van der Waals surface area (Å²) in [6.07, 6.45) is 0. The van der Waals surface area contributed by atoms with Gasteiger partial charge in [-0.1, -0.05) is 99.3 Å². The molecule has 0 aliphatic carbocycles. The molecule has 0 spiro atoms. The van der Waals surface area contributed by atoms with Crippen molar-refractivity contribution in [3.63, 3.8) is 0 Å². The molecule has 0 N–H and O–H groups in total. The molecule has 3 nitrogen and oxygen atoms in total. The highest BCUT2D eigenvalue weighted by atomic mass is 32.2. The maximum Gasteiger partial charge on any atom is 0.345 e. The third-order valence-electron chi connectivity index (χ3n) is 5.61. The maximum absolute atomic E-state index is 13.1. The Balaban J connectivity index is 1.85. The molecule has 0 aromatic heterocycles. The van der Waals surface area contributed by atoms with Crippen LogP contribution in [0.15, 0.2) is 77.7 Å². The van der Waals surface area contributed by atoms with E-state index in [0.29, 0.717) is 0 Å². The Labute approximate surface area is 184 Å². The summed E-state index contributed by atoms with van der Waals surface area (Å²) in [5.74, 6) is -0.332. The van der Waals surface area contributed by atoms with Crippen LogP contribution in [0.4, 0.5) is 0 Å². The second kappa shape index (κ2) is 9.37. The first kappa shape index (κ1) is 22.6. The lowest BCUT2D eigenvalue weighted by atomic mass is 10.1. The van der Waals surface area contributed by atoms with Crippen LogP contribution in [0.3, 0.4) is 0 Å². The molecule has 0 aliphatic heterocycles. The van der Waals surface area contributed by atoms with E-state index in [9.17, 15) is 4.79 Å². The Morgan fingerprint density at radius 1 is 0.933 bits per heavy atom. The number of thioether (sulfide) groups is 1.